The molecule has 7 heteroatoms. The molecular weight excluding hydrogens is 285 g/mol. The first-order chi connectivity index (χ1) is 9.28. The molecule has 1 aromatic rings. The molecule has 0 spiro atoms. The van der Waals surface area contributed by atoms with Crippen molar-refractivity contribution in [1.82, 2.24) is 4.72 Å². The molecule has 0 aromatic heterocycles. The highest BCUT2D eigenvalue weighted by molar-refractivity contribution is 7.88. The quantitative estimate of drug-likeness (QED) is 0.766. The number of rotatable bonds is 8. The largest absolute Gasteiger partial charge is 0.481 e. The molecule has 0 radical (unpaired) electrons. The second kappa shape index (κ2) is 7.35. The second-order valence-corrected chi connectivity index (χ2v) is 6.58. The van der Waals surface area contributed by atoms with Gasteiger partial charge in [0.25, 0.3) is 0 Å². The maximum Gasteiger partial charge on any atom is 0.303 e. The molecule has 0 aliphatic rings. The highest BCUT2D eigenvalue weighted by atomic mass is 32.2. The van der Waals surface area contributed by atoms with Gasteiger partial charge < -0.3 is 5.11 Å². The molecule has 1 atom stereocenters. The molecule has 0 amide bonds. The summed E-state index contributed by atoms with van der Waals surface area (Å²) in [5, 5.41) is 8.54. The summed E-state index contributed by atoms with van der Waals surface area (Å²) in [6.07, 6.45) is 0.426. The molecule has 0 aliphatic carbocycles. The monoisotopic (exact) mass is 303 g/mol. The van der Waals surface area contributed by atoms with Crippen LogP contribution in [0.3, 0.4) is 0 Å². The topological polar surface area (TPSA) is 83.5 Å². The average Bonchev–Trinajstić information content (AvgIpc) is 2.36. The van der Waals surface area contributed by atoms with E-state index in [2.05, 4.69) is 4.72 Å². The maximum absolute atomic E-state index is 12.7. The fraction of sp³-hybridized carbons (Fsp3) is 0.462. The van der Waals surface area contributed by atoms with E-state index in [1.165, 1.54) is 24.3 Å². The summed E-state index contributed by atoms with van der Waals surface area (Å²) in [5.41, 5.74) is 0.497. The number of carbonyl (C=O) groups is 1. The van der Waals surface area contributed by atoms with Crippen LogP contribution < -0.4 is 4.72 Å². The van der Waals surface area contributed by atoms with Crippen LogP contribution in [-0.4, -0.2) is 26.0 Å². The summed E-state index contributed by atoms with van der Waals surface area (Å²) in [5.74, 6) is -1.60. The smallest absolute Gasteiger partial charge is 0.303 e. The fourth-order valence-electron chi connectivity index (χ4n) is 1.59. The zero-order valence-corrected chi connectivity index (χ0v) is 12.0. The maximum atomic E-state index is 12.7. The van der Waals surface area contributed by atoms with Gasteiger partial charge >= 0.3 is 5.97 Å². The average molecular weight is 303 g/mol. The summed E-state index contributed by atoms with van der Waals surface area (Å²) in [6.45, 7) is 1.97. The number of halogens is 1. The minimum absolute atomic E-state index is 0.0147. The lowest BCUT2D eigenvalue weighted by Crippen LogP contribution is -2.29. The number of carboxylic acids is 1. The van der Waals surface area contributed by atoms with Gasteiger partial charge in [-0.15, -0.1) is 0 Å². The lowest BCUT2D eigenvalue weighted by atomic mass is 10.1. The van der Waals surface area contributed by atoms with Gasteiger partial charge in [0.2, 0.25) is 10.0 Å². The van der Waals surface area contributed by atoms with Crippen LogP contribution in [0, 0.1) is 11.7 Å². The lowest BCUT2D eigenvalue weighted by molar-refractivity contribution is -0.137. The van der Waals surface area contributed by atoms with Gasteiger partial charge in [0.15, 0.2) is 0 Å². The summed E-state index contributed by atoms with van der Waals surface area (Å²) in [4.78, 5) is 10.4. The Morgan fingerprint density at radius 3 is 2.50 bits per heavy atom. The summed E-state index contributed by atoms with van der Waals surface area (Å²) in [6, 6.07) is 5.26. The van der Waals surface area contributed by atoms with Gasteiger partial charge in [-0.25, -0.2) is 17.5 Å². The van der Waals surface area contributed by atoms with Crippen LogP contribution in [-0.2, 0) is 20.6 Å². The van der Waals surface area contributed by atoms with Crippen molar-refractivity contribution in [1.29, 1.82) is 0 Å². The van der Waals surface area contributed by atoms with E-state index >= 15 is 0 Å². The van der Waals surface area contributed by atoms with Crippen LogP contribution in [0.25, 0.3) is 0 Å². The van der Waals surface area contributed by atoms with E-state index in [4.69, 9.17) is 5.11 Å². The van der Waals surface area contributed by atoms with Crippen molar-refractivity contribution in [3.63, 3.8) is 0 Å². The van der Waals surface area contributed by atoms with E-state index < -0.39 is 21.8 Å². The van der Waals surface area contributed by atoms with E-state index in [0.717, 1.165) is 0 Å². The Hall–Kier alpha value is -1.47. The summed E-state index contributed by atoms with van der Waals surface area (Å²) < 4.78 is 38.8. The number of hydrogen-bond acceptors (Lipinski definition) is 3. The van der Waals surface area contributed by atoms with Gasteiger partial charge in [0.05, 0.1) is 5.75 Å². The molecule has 2 N–H and O–H groups in total. The van der Waals surface area contributed by atoms with Crippen LogP contribution in [0.15, 0.2) is 24.3 Å². The van der Waals surface area contributed by atoms with Gasteiger partial charge in [-0.3, -0.25) is 4.79 Å². The lowest BCUT2D eigenvalue weighted by Gasteiger charge is -2.12. The van der Waals surface area contributed by atoms with Crippen molar-refractivity contribution in [3.8, 4) is 0 Å². The Morgan fingerprint density at radius 1 is 1.35 bits per heavy atom. The zero-order valence-electron chi connectivity index (χ0n) is 11.2. The van der Waals surface area contributed by atoms with Gasteiger partial charge in [0.1, 0.15) is 5.82 Å². The number of benzene rings is 1. The first-order valence-corrected chi connectivity index (χ1v) is 7.87. The molecule has 0 saturated heterocycles. The van der Waals surface area contributed by atoms with Crippen LogP contribution in [0.2, 0.25) is 0 Å². The number of carboxylic acid groups (broad SMARTS) is 1. The van der Waals surface area contributed by atoms with Gasteiger partial charge in [-0.05, 0) is 30.0 Å². The van der Waals surface area contributed by atoms with Crippen molar-refractivity contribution in [3.05, 3.63) is 35.6 Å². The van der Waals surface area contributed by atoms with Crippen molar-refractivity contribution in [2.24, 2.45) is 5.92 Å². The Morgan fingerprint density at radius 2 is 1.95 bits per heavy atom. The van der Waals surface area contributed by atoms with Gasteiger partial charge in [-0.2, -0.15) is 0 Å². The second-order valence-electron chi connectivity index (χ2n) is 4.77. The Bertz CT molecular complexity index is 542. The van der Waals surface area contributed by atoms with E-state index in [-0.39, 0.29) is 24.6 Å². The first kappa shape index (κ1) is 16.6. The minimum Gasteiger partial charge on any atom is -0.481 e. The molecule has 0 saturated carbocycles. The molecule has 5 nitrogen and oxygen atoms in total. The molecule has 0 fully saturated rings. The summed E-state index contributed by atoms with van der Waals surface area (Å²) in [7, 11) is -3.50. The van der Waals surface area contributed by atoms with Gasteiger partial charge in [-0.1, -0.05) is 19.1 Å². The number of nitrogens with one attached hydrogen (secondary N) is 1. The van der Waals surface area contributed by atoms with E-state index in [1.807, 2.05) is 0 Å². The summed E-state index contributed by atoms with van der Waals surface area (Å²) >= 11 is 0. The molecular formula is C13H18FNO4S. The van der Waals surface area contributed by atoms with Crippen molar-refractivity contribution in [2.75, 3.05) is 6.54 Å². The fourth-order valence-corrected chi connectivity index (χ4v) is 2.86. The van der Waals surface area contributed by atoms with Crippen LogP contribution in [0.5, 0.6) is 0 Å². The number of sulfonamides is 1. The highest BCUT2D eigenvalue weighted by Gasteiger charge is 2.14. The van der Waals surface area contributed by atoms with E-state index in [0.29, 0.717) is 12.0 Å². The normalized spacial score (nSPS) is 13.1. The van der Waals surface area contributed by atoms with Gasteiger partial charge in [0, 0.05) is 13.0 Å². The Labute approximate surface area is 117 Å². The van der Waals surface area contributed by atoms with E-state index in [9.17, 15) is 17.6 Å². The Kier molecular flexibility index (Phi) is 6.09. The van der Waals surface area contributed by atoms with Crippen molar-refractivity contribution < 1.29 is 22.7 Å². The van der Waals surface area contributed by atoms with Crippen LogP contribution >= 0.6 is 0 Å². The van der Waals surface area contributed by atoms with Crippen LogP contribution in [0.1, 0.15) is 25.3 Å². The third-order valence-corrected chi connectivity index (χ3v) is 4.09. The molecule has 1 aromatic carbocycles. The van der Waals surface area contributed by atoms with Crippen LogP contribution in [0.4, 0.5) is 4.39 Å². The molecule has 1 unspecified atom stereocenters. The number of hydrogen-bond donors (Lipinski definition) is 2. The SMILES string of the molecule is CC(CCC(=O)O)CNS(=O)(=O)Cc1ccc(F)cc1. The third kappa shape index (κ3) is 6.63. The zero-order chi connectivity index (χ0) is 15.2. The molecule has 0 bridgehead atoms. The van der Waals surface area contributed by atoms with Crippen molar-refractivity contribution in [2.45, 2.75) is 25.5 Å². The third-order valence-electron chi connectivity index (χ3n) is 2.77. The molecule has 0 heterocycles. The Balaban J connectivity index is 2.45. The molecule has 112 valence electrons. The predicted octanol–water partition coefficient (Wildman–Crippen LogP) is 1.75. The highest BCUT2D eigenvalue weighted by Crippen LogP contribution is 2.08. The molecule has 0 aliphatic heterocycles. The predicted molar refractivity (Wildman–Crippen MR) is 73.1 cm³/mol. The molecule has 1 rings (SSSR count). The van der Waals surface area contributed by atoms with Crippen molar-refractivity contribution >= 4 is 16.0 Å². The standard InChI is InChI=1S/C13H18FNO4S/c1-10(2-7-13(16)17)8-15-20(18,19)9-11-3-5-12(14)6-4-11/h3-6,10,15H,2,7-9H2,1H3,(H,16,17). The molecule has 20 heavy (non-hydrogen) atoms. The first-order valence-electron chi connectivity index (χ1n) is 6.22. The minimum atomic E-state index is -3.50. The van der Waals surface area contributed by atoms with E-state index in [1.54, 1.807) is 6.92 Å². The number of aliphatic carboxylic acids is 1.